The molecule has 0 saturated carbocycles. The van der Waals surface area contributed by atoms with E-state index in [0.717, 1.165) is 10.5 Å². The molecule has 6 heteroatoms. The van der Waals surface area contributed by atoms with Gasteiger partial charge >= 0.3 is 5.97 Å². The minimum Gasteiger partial charge on any atom is -0.480 e. The zero-order valence-corrected chi connectivity index (χ0v) is 9.34. The Balaban J connectivity index is 2.90. The number of nitrogens with zero attached hydrogens (tertiary/aromatic N) is 3. The molecule has 1 unspecified atom stereocenters. The Kier molecular flexibility index (Phi) is 3.55. The van der Waals surface area contributed by atoms with Gasteiger partial charge in [0.15, 0.2) is 5.69 Å². The van der Waals surface area contributed by atoms with Gasteiger partial charge in [-0.1, -0.05) is 0 Å². The zero-order valence-electron chi connectivity index (χ0n) is 9.34. The highest BCUT2D eigenvalue weighted by molar-refractivity contribution is 5.94. The summed E-state index contributed by atoms with van der Waals surface area (Å²) in [6.07, 6.45) is 1.53. The monoisotopic (exact) mass is 223 g/mol. The maximum Gasteiger partial charge on any atom is 0.326 e. The molecule has 0 aliphatic heterocycles. The molecule has 86 valence electrons. The molecule has 0 aliphatic rings. The lowest BCUT2D eigenvalue weighted by Gasteiger charge is -2.20. The summed E-state index contributed by atoms with van der Waals surface area (Å²) >= 11 is 0. The van der Waals surface area contributed by atoms with E-state index >= 15 is 0 Å². The summed E-state index contributed by atoms with van der Waals surface area (Å²) in [5.74, 6) is -1.51. The minimum atomic E-state index is -1.06. The Morgan fingerprint density at radius 2 is 2.12 bits per heavy atom. The van der Waals surface area contributed by atoms with Crippen molar-refractivity contribution in [1.29, 1.82) is 0 Å². The Morgan fingerprint density at radius 3 is 2.62 bits per heavy atom. The van der Waals surface area contributed by atoms with Crippen LogP contribution in [0.4, 0.5) is 0 Å². The molecule has 0 aliphatic carbocycles. The predicted molar refractivity (Wildman–Crippen MR) is 56.0 cm³/mol. The van der Waals surface area contributed by atoms with E-state index in [0.29, 0.717) is 0 Å². The first-order chi connectivity index (χ1) is 7.43. The number of aryl methyl sites for hydroxylation is 1. The Hall–Kier alpha value is -1.98. The minimum absolute atomic E-state index is 0.149. The van der Waals surface area contributed by atoms with Crippen LogP contribution < -0.4 is 0 Å². The topological polar surface area (TPSA) is 83.4 Å². The van der Waals surface area contributed by atoms with E-state index in [1.807, 2.05) is 0 Å². The maximum atomic E-state index is 11.8. The van der Waals surface area contributed by atoms with Crippen LogP contribution in [0.3, 0.4) is 0 Å². The van der Waals surface area contributed by atoms with Crippen molar-refractivity contribution >= 4 is 11.9 Å². The van der Waals surface area contributed by atoms with Crippen LogP contribution in [0.5, 0.6) is 0 Å². The van der Waals surface area contributed by atoms with Crippen molar-refractivity contribution in [3.63, 3.8) is 0 Å². The number of aromatic nitrogens is 2. The maximum absolute atomic E-state index is 11.8. The third kappa shape index (κ3) is 2.53. The van der Waals surface area contributed by atoms with E-state index in [1.54, 1.807) is 13.0 Å². The van der Waals surface area contributed by atoms with Gasteiger partial charge in [0.25, 0.3) is 5.91 Å². The van der Waals surface area contributed by atoms with Gasteiger partial charge in [-0.3, -0.25) is 4.79 Å². The smallest absolute Gasteiger partial charge is 0.326 e. The molecule has 1 rings (SSSR count). The average Bonchev–Trinajstić information content (AvgIpc) is 2.26. The lowest BCUT2D eigenvalue weighted by Crippen LogP contribution is -2.40. The molecule has 1 atom stereocenters. The SMILES string of the molecule is Cc1cnnc(C(=O)N(C)C(C)C(=O)O)c1. The number of carboxylic acid groups (broad SMARTS) is 1. The van der Waals surface area contributed by atoms with Gasteiger partial charge in [0.1, 0.15) is 6.04 Å². The second kappa shape index (κ2) is 4.69. The third-order valence-electron chi connectivity index (χ3n) is 2.27. The molecule has 0 aromatic carbocycles. The van der Waals surface area contributed by atoms with Crippen molar-refractivity contribution in [3.8, 4) is 0 Å². The summed E-state index contributed by atoms with van der Waals surface area (Å²) in [5.41, 5.74) is 0.949. The number of likely N-dealkylation sites (N-methyl/N-ethyl adjacent to an activating group) is 1. The number of amides is 1. The molecule has 1 aromatic rings. The molecule has 6 nitrogen and oxygen atoms in total. The van der Waals surface area contributed by atoms with Crippen LogP contribution in [0.25, 0.3) is 0 Å². The summed E-state index contributed by atoms with van der Waals surface area (Å²) in [6, 6.07) is 0.676. The first-order valence-corrected chi connectivity index (χ1v) is 4.72. The Labute approximate surface area is 92.9 Å². The van der Waals surface area contributed by atoms with Crippen LogP contribution in [0.15, 0.2) is 12.3 Å². The highest BCUT2D eigenvalue weighted by Gasteiger charge is 2.23. The molecular weight excluding hydrogens is 210 g/mol. The number of rotatable bonds is 3. The van der Waals surface area contributed by atoms with Gasteiger partial charge in [-0.05, 0) is 25.5 Å². The summed E-state index contributed by atoms with van der Waals surface area (Å²) < 4.78 is 0. The van der Waals surface area contributed by atoms with Gasteiger partial charge in [0.05, 0.1) is 6.20 Å². The van der Waals surface area contributed by atoms with Crippen molar-refractivity contribution in [2.45, 2.75) is 19.9 Å². The quantitative estimate of drug-likeness (QED) is 0.798. The van der Waals surface area contributed by atoms with Crippen molar-refractivity contribution < 1.29 is 14.7 Å². The second-order valence-electron chi connectivity index (χ2n) is 3.55. The number of hydrogen-bond donors (Lipinski definition) is 1. The predicted octanol–water partition coefficient (Wildman–Crippen LogP) is 0.330. The highest BCUT2D eigenvalue weighted by Crippen LogP contribution is 2.05. The van der Waals surface area contributed by atoms with Crippen LogP contribution in [0, 0.1) is 6.92 Å². The summed E-state index contributed by atoms with van der Waals surface area (Å²) in [4.78, 5) is 23.6. The number of carboxylic acids is 1. The van der Waals surface area contributed by atoms with Gasteiger partial charge in [-0.15, -0.1) is 5.10 Å². The van der Waals surface area contributed by atoms with E-state index in [4.69, 9.17) is 5.11 Å². The first kappa shape index (κ1) is 12.1. The van der Waals surface area contributed by atoms with Crippen LogP contribution >= 0.6 is 0 Å². The average molecular weight is 223 g/mol. The van der Waals surface area contributed by atoms with E-state index in [1.165, 1.54) is 20.2 Å². The van der Waals surface area contributed by atoms with Gasteiger partial charge < -0.3 is 10.0 Å². The van der Waals surface area contributed by atoms with Crippen LogP contribution in [0.2, 0.25) is 0 Å². The molecule has 0 bridgehead atoms. The summed E-state index contributed by atoms with van der Waals surface area (Å²) in [7, 11) is 1.42. The molecule has 16 heavy (non-hydrogen) atoms. The second-order valence-corrected chi connectivity index (χ2v) is 3.55. The molecule has 0 saturated heterocycles. The van der Waals surface area contributed by atoms with Gasteiger partial charge in [0, 0.05) is 7.05 Å². The van der Waals surface area contributed by atoms with Crippen LogP contribution in [0.1, 0.15) is 23.0 Å². The standard InChI is InChI=1S/C10H13N3O3/c1-6-4-8(12-11-5-6)9(14)13(3)7(2)10(15)16/h4-5,7H,1-3H3,(H,15,16). The van der Waals surface area contributed by atoms with Crippen molar-refractivity contribution in [2.75, 3.05) is 7.05 Å². The summed E-state index contributed by atoms with van der Waals surface area (Å²) in [5, 5.41) is 16.1. The molecule has 0 fully saturated rings. The fourth-order valence-electron chi connectivity index (χ4n) is 1.09. The third-order valence-corrected chi connectivity index (χ3v) is 2.27. The summed E-state index contributed by atoms with van der Waals surface area (Å²) in [6.45, 7) is 3.22. The normalized spacial score (nSPS) is 11.9. The zero-order chi connectivity index (χ0) is 12.3. The largest absolute Gasteiger partial charge is 0.480 e. The van der Waals surface area contributed by atoms with Crippen molar-refractivity contribution in [2.24, 2.45) is 0 Å². The van der Waals surface area contributed by atoms with E-state index in [-0.39, 0.29) is 5.69 Å². The molecule has 0 spiro atoms. The fraction of sp³-hybridized carbons (Fsp3) is 0.400. The number of hydrogen-bond acceptors (Lipinski definition) is 4. The molecule has 1 amide bonds. The van der Waals surface area contributed by atoms with Crippen LogP contribution in [-0.2, 0) is 4.79 Å². The number of carbonyl (C=O) groups is 2. The Bertz CT molecular complexity index is 420. The molecule has 1 heterocycles. The molecule has 1 N–H and O–H groups in total. The highest BCUT2D eigenvalue weighted by atomic mass is 16.4. The lowest BCUT2D eigenvalue weighted by molar-refractivity contribution is -0.141. The van der Waals surface area contributed by atoms with Crippen molar-refractivity contribution in [3.05, 3.63) is 23.5 Å². The number of aliphatic carboxylic acids is 1. The molecule has 1 aromatic heterocycles. The number of carbonyl (C=O) groups excluding carboxylic acids is 1. The first-order valence-electron chi connectivity index (χ1n) is 4.72. The van der Waals surface area contributed by atoms with Gasteiger partial charge in [-0.2, -0.15) is 5.10 Å². The van der Waals surface area contributed by atoms with E-state index in [9.17, 15) is 9.59 Å². The van der Waals surface area contributed by atoms with E-state index in [2.05, 4.69) is 10.2 Å². The fourth-order valence-corrected chi connectivity index (χ4v) is 1.09. The van der Waals surface area contributed by atoms with Crippen molar-refractivity contribution in [1.82, 2.24) is 15.1 Å². The van der Waals surface area contributed by atoms with Gasteiger partial charge in [-0.25, -0.2) is 4.79 Å². The van der Waals surface area contributed by atoms with Crippen LogP contribution in [-0.4, -0.2) is 45.2 Å². The van der Waals surface area contributed by atoms with E-state index < -0.39 is 17.9 Å². The molecular formula is C10H13N3O3. The Morgan fingerprint density at radius 1 is 1.50 bits per heavy atom. The molecule has 0 radical (unpaired) electrons. The lowest BCUT2D eigenvalue weighted by atomic mass is 10.2. The van der Waals surface area contributed by atoms with Gasteiger partial charge in [0.2, 0.25) is 0 Å².